The van der Waals surface area contributed by atoms with Crippen LogP contribution in [-0.2, 0) is 11.3 Å². The van der Waals surface area contributed by atoms with Gasteiger partial charge in [0.05, 0.1) is 11.5 Å². The second kappa shape index (κ2) is 4.80. The third-order valence-electron chi connectivity index (χ3n) is 2.53. The fraction of sp³-hybridized carbons (Fsp3) is 0.455. The van der Waals surface area contributed by atoms with E-state index in [2.05, 4.69) is 0 Å². The standard InChI is InChI=1S/C11H12ClNO3/c12-10-4-3-9(5-11(10)13(14)15)7-16-6-8-1-2-8/h3-5,8H,1-2,6-7H2. The predicted octanol–water partition coefficient (Wildman–Crippen LogP) is 3.17. The van der Waals surface area contributed by atoms with Gasteiger partial charge in [0.1, 0.15) is 5.02 Å². The number of hydrogen-bond donors (Lipinski definition) is 0. The molecule has 16 heavy (non-hydrogen) atoms. The Bertz CT molecular complexity index is 404. The fourth-order valence-corrected chi connectivity index (χ4v) is 1.60. The highest BCUT2D eigenvalue weighted by molar-refractivity contribution is 6.32. The van der Waals surface area contributed by atoms with Gasteiger partial charge in [-0.05, 0) is 30.4 Å². The maximum atomic E-state index is 10.6. The molecule has 0 amide bonds. The van der Waals surface area contributed by atoms with Gasteiger partial charge >= 0.3 is 0 Å². The number of halogens is 1. The van der Waals surface area contributed by atoms with Crippen LogP contribution in [0.1, 0.15) is 18.4 Å². The zero-order valence-electron chi connectivity index (χ0n) is 8.69. The SMILES string of the molecule is O=[N+]([O-])c1cc(COCC2CC2)ccc1Cl. The molecule has 0 aromatic heterocycles. The van der Waals surface area contributed by atoms with E-state index in [-0.39, 0.29) is 10.7 Å². The number of nitro benzene ring substituents is 1. The molecule has 5 heteroatoms. The van der Waals surface area contributed by atoms with Crippen LogP contribution in [0.25, 0.3) is 0 Å². The predicted molar refractivity (Wildman–Crippen MR) is 60.5 cm³/mol. The second-order valence-electron chi connectivity index (χ2n) is 4.00. The summed E-state index contributed by atoms with van der Waals surface area (Å²) < 4.78 is 5.45. The Morgan fingerprint density at radius 3 is 2.88 bits per heavy atom. The lowest BCUT2D eigenvalue weighted by atomic mass is 10.2. The lowest BCUT2D eigenvalue weighted by Gasteiger charge is -2.03. The van der Waals surface area contributed by atoms with Crippen molar-refractivity contribution >= 4 is 17.3 Å². The van der Waals surface area contributed by atoms with Crippen LogP contribution >= 0.6 is 11.6 Å². The van der Waals surface area contributed by atoms with Gasteiger partial charge in [0, 0.05) is 12.7 Å². The zero-order chi connectivity index (χ0) is 11.5. The normalized spacial score (nSPS) is 15.1. The molecule has 1 aliphatic carbocycles. The molecule has 0 bridgehead atoms. The summed E-state index contributed by atoms with van der Waals surface area (Å²) in [4.78, 5) is 10.2. The lowest BCUT2D eigenvalue weighted by Crippen LogP contribution is -1.98. The van der Waals surface area contributed by atoms with Gasteiger partial charge in [0.2, 0.25) is 0 Å². The van der Waals surface area contributed by atoms with Gasteiger partial charge in [-0.2, -0.15) is 0 Å². The van der Waals surface area contributed by atoms with Crippen LogP contribution in [0.2, 0.25) is 5.02 Å². The first kappa shape index (κ1) is 11.4. The number of hydrogen-bond acceptors (Lipinski definition) is 3. The van der Waals surface area contributed by atoms with Gasteiger partial charge < -0.3 is 4.74 Å². The van der Waals surface area contributed by atoms with Crippen molar-refractivity contribution in [2.45, 2.75) is 19.4 Å². The first-order chi connectivity index (χ1) is 7.66. The van der Waals surface area contributed by atoms with Gasteiger partial charge in [-0.15, -0.1) is 0 Å². The number of benzene rings is 1. The molecule has 0 unspecified atom stereocenters. The molecule has 1 aliphatic rings. The maximum absolute atomic E-state index is 10.6. The Kier molecular flexibility index (Phi) is 3.41. The van der Waals surface area contributed by atoms with Crippen molar-refractivity contribution in [3.63, 3.8) is 0 Å². The smallest absolute Gasteiger partial charge is 0.288 e. The van der Waals surface area contributed by atoms with Gasteiger partial charge in [-0.3, -0.25) is 10.1 Å². The van der Waals surface area contributed by atoms with Crippen molar-refractivity contribution in [1.29, 1.82) is 0 Å². The third-order valence-corrected chi connectivity index (χ3v) is 2.85. The van der Waals surface area contributed by atoms with E-state index in [9.17, 15) is 10.1 Å². The fourth-order valence-electron chi connectivity index (χ4n) is 1.42. The Balaban J connectivity index is 1.97. The summed E-state index contributed by atoms with van der Waals surface area (Å²) in [7, 11) is 0. The largest absolute Gasteiger partial charge is 0.376 e. The molecule has 0 N–H and O–H groups in total. The molecule has 1 fully saturated rings. The van der Waals surface area contributed by atoms with Crippen molar-refractivity contribution in [2.24, 2.45) is 5.92 Å². The Morgan fingerprint density at radius 2 is 2.25 bits per heavy atom. The summed E-state index contributed by atoms with van der Waals surface area (Å²) in [5.74, 6) is 0.697. The van der Waals surface area contributed by atoms with Crippen LogP contribution in [0.4, 0.5) is 5.69 Å². The van der Waals surface area contributed by atoms with E-state index in [0.717, 1.165) is 12.2 Å². The number of rotatable bonds is 5. The van der Waals surface area contributed by atoms with E-state index in [1.54, 1.807) is 6.07 Å². The summed E-state index contributed by atoms with van der Waals surface area (Å²) in [5.41, 5.74) is 0.728. The summed E-state index contributed by atoms with van der Waals surface area (Å²) in [6.07, 6.45) is 2.47. The number of nitrogens with zero attached hydrogens (tertiary/aromatic N) is 1. The molecular formula is C11H12ClNO3. The minimum atomic E-state index is -0.479. The van der Waals surface area contributed by atoms with Gasteiger partial charge in [0.25, 0.3) is 5.69 Å². The first-order valence-electron chi connectivity index (χ1n) is 5.17. The van der Waals surface area contributed by atoms with Crippen LogP contribution in [-0.4, -0.2) is 11.5 Å². The molecule has 86 valence electrons. The average Bonchev–Trinajstić information content (AvgIpc) is 3.04. The van der Waals surface area contributed by atoms with Crippen molar-refractivity contribution < 1.29 is 9.66 Å². The molecule has 0 heterocycles. The van der Waals surface area contributed by atoms with Crippen molar-refractivity contribution in [1.82, 2.24) is 0 Å². The summed E-state index contributed by atoms with van der Waals surface area (Å²) >= 11 is 5.70. The Labute approximate surface area is 98.3 Å². The molecule has 4 nitrogen and oxygen atoms in total. The Hall–Kier alpha value is -1.13. The van der Waals surface area contributed by atoms with Crippen LogP contribution in [0, 0.1) is 16.0 Å². The lowest BCUT2D eigenvalue weighted by molar-refractivity contribution is -0.384. The quantitative estimate of drug-likeness (QED) is 0.588. The van der Waals surface area contributed by atoms with Gasteiger partial charge in [-0.25, -0.2) is 0 Å². The number of nitro groups is 1. The average molecular weight is 242 g/mol. The van der Waals surface area contributed by atoms with Crippen LogP contribution in [0.3, 0.4) is 0 Å². The highest BCUT2D eigenvalue weighted by Gasteiger charge is 2.21. The molecule has 0 aliphatic heterocycles. The van der Waals surface area contributed by atoms with Crippen LogP contribution < -0.4 is 0 Å². The molecule has 1 aromatic carbocycles. The van der Waals surface area contributed by atoms with Gasteiger partial charge in [-0.1, -0.05) is 17.7 Å². The maximum Gasteiger partial charge on any atom is 0.288 e. The van der Waals surface area contributed by atoms with Gasteiger partial charge in [0.15, 0.2) is 0 Å². The van der Waals surface area contributed by atoms with Crippen LogP contribution in [0.5, 0.6) is 0 Å². The Morgan fingerprint density at radius 1 is 1.50 bits per heavy atom. The van der Waals surface area contributed by atoms with Crippen molar-refractivity contribution in [2.75, 3.05) is 6.61 Å². The third kappa shape index (κ3) is 2.93. The topological polar surface area (TPSA) is 52.4 Å². The van der Waals surface area contributed by atoms with E-state index < -0.39 is 4.92 Å². The zero-order valence-corrected chi connectivity index (χ0v) is 9.44. The van der Waals surface area contributed by atoms with Crippen molar-refractivity contribution in [3.05, 3.63) is 38.9 Å². The molecule has 1 saturated carbocycles. The highest BCUT2D eigenvalue weighted by atomic mass is 35.5. The molecule has 2 rings (SSSR count). The van der Waals surface area contributed by atoms with Crippen molar-refractivity contribution in [3.8, 4) is 0 Å². The summed E-state index contributed by atoms with van der Waals surface area (Å²) in [6, 6.07) is 4.76. The van der Waals surface area contributed by atoms with Crippen LogP contribution in [0.15, 0.2) is 18.2 Å². The van der Waals surface area contributed by atoms with E-state index >= 15 is 0 Å². The molecule has 0 spiro atoms. The monoisotopic (exact) mass is 241 g/mol. The minimum absolute atomic E-state index is 0.0609. The summed E-state index contributed by atoms with van der Waals surface area (Å²) in [6.45, 7) is 1.16. The molecule has 0 radical (unpaired) electrons. The summed E-state index contributed by atoms with van der Waals surface area (Å²) in [5, 5.41) is 10.8. The molecular weight excluding hydrogens is 230 g/mol. The van der Waals surface area contributed by atoms with E-state index in [4.69, 9.17) is 16.3 Å². The number of ether oxygens (including phenoxy) is 1. The minimum Gasteiger partial charge on any atom is -0.376 e. The molecule has 0 saturated heterocycles. The van der Waals surface area contributed by atoms with E-state index in [0.29, 0.717) is 12.5 Å². The highest BCUT2D eigenvalue weighted by Crippen LogP contribution is 2.29. The van der Waals surface area contributed by atoms with E-state index in [1.807, 2.05) is 0 Å². The second-order valence-corrected chi connectivity index (χ2v) is 4.41. The first-order valence-corrected chi connectivity index (χ1v) is 5.55. The molecule has 1 aromatic rings. The van der Waals surface area contributed by atoms with E-state index in [1.165, 1.54) is 25.0 Å². The molecule has 0 atom stereocenters.